The molecule has 0 spiro atoms. The molecule has 0 radical (unpaired) electrons. The highest BCUT2D eigenvalue weighted by molar-refractivity contribution is 6.05. The third-order valence-corrected chi connectivity index (χ3v) is 5.12. The molecule has 1 fully saturated rings. The molecule has 1 aliphatic heterocycles. The van der Waals surface area contributed by atoms with E-state index in [2.05, 4.69) is 29.9 Å². The third kappa shape index (κ3) is 5.55. The molecule has 1 saturated heterocycles. The number of halogens is 3. The molecule has 0 bridgehead atoms. The Morgan fingerprint density at radius 1 is 1.15 bits per heavy atom. The van der Waals surface area contributed by atoms with E-state index in [9.17, 15) is 18.0 Å². The lowest BCUT2D eigenvalue weighted by atomic mass is 10.1. The van der Waals surface area contributed by atoms with Gasteiger partial charge in [-0.3, -0.25) is 4.79 Å². The predicted molar refractivity (Wildman–Crippen MR) is 114 cm³/mol. The van der Waals surface area contributed by atoms with Gasteiger partial charge < -0.3 is 19.7 Å². The van der Waals surface area contributed by atoms with E-state index >= 15 is 0 Å². The number of aromatic nitrogens is 3. The average molecular weight is 459 g/mol. The summed E-state index contributed by atoms with van der Waals surface area (Å²) in [5.74, 6) is -0.153. The molecule has 11 heteroatoms. The monoisotopic (exact) mass is 459 g/mol. The summed E-state index contributed by atoms with van der Waals surface area (Å²) in [5, 5.41) is 2.65. The second kappa shape index (κ2) is 9.41. The summed E-state index contributed by atoms with van der Waals surface area (Å²) in [6.07, 6.45) is 2.32. The minimum atomic E-state index is -4.78. The maximum absolute atomic E-state index is 12.8. The number of amides is 1. The molecule has 8 nitrogen and oxygen atoms in total. The first-order valence-electron chi connectivity index (χ1n) is 10.0. The maximum atomic E-state index is 12.8. The summed E-state index contributed by atoms with van der Waals surface area (Å²) in [4.78, 5) is 27.6. The molecular formula is C22H20F3N5O3. The van der Waals surface area contributed by atoms with Crippen LogP contribution in [0.2, 0.25) is 0 Å². The van der Waals surface area contributed by atoms with Gasteiger partial charge in [-0.25, -0.2) is 15.0 Å². The van der Waals surface area contributed by atoms with Gasteiger partial charge in [0.05, 0.1) is 11.7 Å². The van der Waals surface area contributed by atoms with Crippen molar-refractivity contribution in [2.75, 3.05) is 30.4 Å². The molecule has 0 aliphatic carbocycles. The van der Waals surface area contributed by atoms with Crippen LogP contribution in [-0.2, 0) is 4.74 Å². The van der Waals surface area contributed by atoms with Gasteiger partial charge in [0.25, 0.3) is 5.91 Å². The molecule has 1 aromatic carbocycles. The highest BCUT2D eigenvalue weighted by Crippen LogP contribution is 2.32. The standard InChI is InChI=1S/C22H20F3N5O3/c1-32-18-6-7-30(12-18)20-19(15-9-26-13-27-10-15)8-14(11-28-20)21(31)29-16-2-4-17(5-3-16)33-22(23,24)25/h2-5,8-11,13,18H,6-7,12H2,1H3,(H,29,31). The van der Waals surface area contributed by atoms with Crippen LogP contribution in [0, 0.1) is 0 Å². The number of benzene rings is 1. The van der Waals surface area contributed by atoms with E-state index in [0.717, 1.165) is 25.1 Å². The first kappa shape index (κ1) is 22.5. The Hall–Kier alpha value is -3.73. The molecule has 1 atom stereocenters. The van der Waals surface area contributed by atoms with Crippen molar-refractivity contribution in [3.8, 4) is 16.9 Å². The second-order valence-electron chi connectivity index (χ2n) is 7.34. The van der Waals surface area contributed by atoms with Crippen molar-refractivity contribution in [3.63, 3.8) is 0 Å². The Morgan fingerprint density at radius 3 is 2.52 bits per heavy atom. The Kier molecular flexibility index (Phi) is 6.40. The number of methoxy groups -OCH3 is 1. The number of carbonyl (C=O) groups is 1. The van der Waals surface area contributed by atoms with Crippen LogP contribution in [0.3, 0.4) is 0 Å². The van der Waals surface area contributed by atoms with Gasteiger partial charge in [0, 0.05) is 55.6 Å². The molecule has 0 saturated carbocycles. The van der Waals surface area contributed by atoms with Crippen LogP contribution in [0.1, 0.15) is 16.8 Å². The van der Waals surface area contributed by atoms with Gasteiger partial charge in [0.15, 0.2) is 0 Å². The van der Waals surface area contributed by atoms with Crippen LogP contribution in [0.5, 0.6) is 5.75 Å². The zero-order chi connectivity index (χ0) is 23.4. The molecular weight excluding hydrogens is 439 g/mol. The summed E-state index contributed by atoms with van der Waals surface area (Å²) in [6, 6.07) is 6.58. The van der Waals surface area contributed by atoms with Crippen molar-refractivity contribution in [3.05, 3.63) is 60.8 Å². The largest absolute Gasteiger partial charge is 0.573 e. The number of hydrogen-bond acceptors (Lipinski definition) is 7. The van der Waals surface area contributed by atoms with E-state index in [1.54, 1.807) is 25.6 Å². The van der Waals surface area contributed by atoms with Crippen molar-refractivity contribution < 1.29 is 27.4 Å². The summed E-state index contributed by atoms with van der Waals surface area (Å²) in [5.41, 5.74) is 1.97. The van der Waals surface area contributed by atoms with Crippen LogP contribution < -0.4 is 15.0 Å². The van der Waals surface area contributed by atoms with Gasteiger partial charge in [0.2, 0.25) is 0 Å². The number of rotatable bonds is 6. The Balaban J connectivity index is 1.57. The highest BCUT2D eigenvalue weighted by Gasteiger charge is 2.31. The fourth-order valence-electron chi connectivity index (χ4n) is 3.54. The average Bonchev–Trinajstić information content (AvgIpc) is 3.29. The van der Waals surface area contributed by atoms with Gasteiger partial charge in [-0.2, -0.15) is 0 Å². The molecule has 1 aliphatic rings. The van der Waals surface area contributed by atoms with E-state index in [1.165, 1.54) is 24.7 Å². The molecule has 33 heavy (non-hydrogen) atoms. The van der Waals surface area contributed by atoms with Gasteiger partial charge in [-0.15, -0.1) is 13.2 Å². The van der Waals surface area contributed by atoms with Gasteiger partial charge in [-0.1, -0.05) is 0 Å². The van der Waals surface area contributed by atoms with E-state index in [-0.39, 0.29) is 17.4 Å². The quantitative estimate of drug-likeness (QED) is 0.598. The summed E-state index contributed by atoms with van der Waals surface area (Å²) >= 11 is 0. The molecule has 1 N–H and O–H groups in total. The number of nitrogens with one attached hydrogen (secondary N) is 1. The highest BCUT2D eigenvalue weighted by atomic mass is 19.4. The SMILES string of the molecule is COC1CCN(c2ncc(C(=O)Nc3ccc(OC(F)(F)F)cc3)cc2-c2cncnc2)C1. The van der Waals surface area contributed by atoms with E-state index in [4.69, 9.17) is 4.74 Å². The summed E-state index contributed by atoms with van der Waals surface area (Å²) in [6.45, 7) is 1.42. The van der Waals surface area contributed by atoms with Crippen molar-refractivity contribution in [2.24, 2.45) is 0 Å². The summed E-state index contributed by atoms with van der Waals surface area (Å²) in [7, 11) is 1.67. The van der Waals surface area contributed by atoms with Crippen molar-refractivity contribution >= 4 is 17.4 Å². The van der Waals surface area contributed by atoms with E-state index < -0.39 is 12.3 Å². The predicted octanol–water partition coefficient (Wildman–Crippen LogP) is 3.91. The summed E-state index contributed by atoms with van der Waals surface area (Å²) < 4.78 is 46.2. The minimum Gasteiger partial charge on any atom is -0.406 e. The fourth-order valence-corrected chi connectivity index (χ4v) is 3.54. The van der Waals surface area contributed by atoms with Crippen molar-refractivity contribution in [1.29, 1.82) is 0 Å². The maximum Gasteiger partial charge on any atom is 0.573 e. The first-order valence-corrected chi connectivity index (χ1v) is 10.0. The van der Waals surface area contributed by atoms with Crippen LogP contribution in [0.15, 0.2) is 55.2 Å². The van der Waals surface area contributed by atoms with Crippen LogP contribution in [-0.4, -0.2) is 53.5 Å². The number of hydrogen-bond donors (Lipinski definition) is 1. The third-order valence-electron chi connectivity index (χ3n) is 5.12. The second-order valence-corrected chi connectivity index (χ2v) is 7.34. The van der Waals surface area contributed by atoms with Crippen molar-refractivity contribution in [2.45, 2.75) is 18.9 Å². The number of alkyl halides is 3. The van der Waals surface area contributed by atoms with Crippen LogP contribution >= 0.6 is 0 Å². The lowest BCUT2D eigenvalue weighted by molar-refractivity contribution is -0.274. The van der Waals surface area contributed by atoms with Gasteiger partial charge in [0.1, 0.15) is 17.9 Å². The number of ether oxygens (including phenoxy) is 2. The fraction of sp³-hybridized carbons (Fsp3) is 0.273. The molecule has 3 aromatic rings. The van der Waals surface area contributed by atoms with E-state index in [0.29, 0.717) is 29.2 Å². The number of anilines is 2. The Labute approximate surface area is 187 Å². The topological polar surface area (TPSA) is 89.5 Å². The van der Waals surface area contributed by atoms with E-state index in [1.807, 2.05) is 0 Å². The van der Waals surface area contributed by atoms with Gasteiger partial charge in [-0.05, 0) is 36.8 Å². The normalized spacial score (nSPS) is 16.0. The molecule has 172 valence electrons. The van der Waals surface area contributed by atoms with Crippen LogP contribution in [0.4, 0.5) is 24.7 Å². The lowest BCUT2D eigenvalue weighted by Gasteiger charge is -2.21. The zero-order valence-electron chi connectivity index (χ0n) is 17.5. The molecule has 2 aromatic heterocycles. The smallest absolute Gasteiger partial charge is 0.406 e. The minimum absolute atomic E-state index is 0.0962. The lowest BCUT2D eigenvalue weighted by Crippen LogP contribution is -2.24. The number of nitrogens with zero attached hydrogens (tertiary/aromatic N) is 4. The molecule has 4 rings (SSSR count). The molecule has 3 heterocycles. The van der Waals surface area contributed by atoms with Crippen molar-refractivity contribution in [1.82, 2.24) is 15.0 Å². The van der Waals surface area contributed by atoms with Gasteiger partial charge >= 0.3 is 6.36 Å². The zero-order valence-corrected chi connectivity index (χ0v) is 17.5. The number of pyridine rings is 1. The number of carbonyl (C=O) groups excluding carboxylic acids is 1. The molecule has 1 unspecified atom stereocenters. The Bertz CT molecular complexity index is 1110. The first-order chi connectivity index (χ1) is 15.8. The molecule has 1 amide bonds. The Morgan fingerprint density at radius 2 is 1.88 bits per heavy atom. The van der Waals surface area contributed by atoms with Crippen LogP contribution in [0.25, 0.3) is 11.1 Å².